The van der Waals surface area contributed by atoms with Crippen LogP contribution in [-0.2, 0) is 14.3 Å². The maximum atomic E-state index is 12.6. The van der Waals surface area contributed by atoms with Crippen LogP contribution < -0.4 is 0 Å². The lowest BCUT2D eigenvalue weighted by Crippen LogP contribution is -2.22. The van der Waals surface area contributed by atoms with E-state index >= 15 is 0 Å². The van der Waals surface area contributed by atoms with Gasteiger partial charge >= 0.3 is 5.97 Å². The summed E-state index contributed by atoms with van der Waals surface area (Å²) in [5.41, 5.74) is 2.18. The molecule has 0 bridgehead atoms. The predicted molar refractivity (Wildman–Crippen MR) is 104 cm³/mol. The number of ketones is 1. The standard InChI is InChI=1S/C21H23NO6/c1-3-28-21(24)18(12-13-27-2)14-20(23)17-6-4-15(5-7-17)16-8-10-19(11-9-16)22(25)26/h4-11,18H,3,12-14H2,1-2H3. The molecule has 7 heteroatoms. The molecule has 0 radical (unpaired) electrons. The van der Waals surface area contributed by atoms with E-state index in [0.717, 1.165) is 11.1 Å². The van der Waals surface area contributed by atoms with Crippen molar-refractivity contribution in [1.29, 1.82) is 0 Å². The number of methoxy groups -OCH3 is 1. The normalized spacial score (nSPS) is 11.6. The first-order valence-corrected chi connectivity index (χ1v) is 9.00. The third-order valence-corrected chi connectivity index (χ3v) is 4.34. The predicted octanol–water partition coefficient (Wildman–Crippen LogP) is 4.05. The van der Waals surface area contributed by atoms with Gasteiger partial charge in [-0.1, -0.05) is 24.3 Å². The van der Waals surface area contributed by atoms with E-state index in [4.69, 9.17) is 9.47 Å². The van der Waals surface area contributed by atoms with Crippen molar-refractivity contribution in [2.45, 2.75) is 19.8 Å². The third-order valence-electron chi connectivity index (χ3n) is 4.34. The van der Waals surface area contributed by atoms with Crippen molar-refractivity contribution < 1.29 is 24.0 Å². The summed E-state index contributed by atoms with van der Waals surface area (Å²) in [5.74, 6) is -1.08. The molecule has 0 aliphatic rings. The summed E-state index contributed by atoms with van der Waals surface area (Å²) in [7, 11) is 1.54. The molecule has 0 aliphatic heterocycles. The van der Waals surface area contributed by atoms with E-state index in [9.17, 15) is 19.7 Å². The number of nitro groups is 1. The molecule has 0 aliphatic carbocycles. The number of hydrogen-bond donors (Lipinski definition) is 0. The number of nitrogens with zero attached hydrogens (tertiary/aromatic N) is 1. The Morgan fingerprint density at radius 2 is 1.61 bits per heavy atom. The van der Waals surface area contributed by atoms with Crippen LogP contribution in [0, 0.1) is 16.0 Å². The number of esters is 1. The molecule has 2 aromatic carbocycles. The average Bonchev–Trinajstić information content (AvgIpc) is 2.71. The molecule has 0 aromatic heterocycles. The molecule has 0 N–H and O–H groups in total. The lowest BCUT2D eigenvalue weighted by molar-refractivity contribution is -0.384. The van der Waals surface area contributed by atoms with Gasteiger partial charge in [0.1, 0.15) is 0 Å². The Labute approximate surface area is 163 Å². The molecule has 0 spiro atoms. The van der Waals surface area contributed by atoms with Crippen molar-refractivity contribution >= 4 is 17.4 Å². The van der Waals surface area contributed by atoms with Crippen molar-refractivity contribution in [2.75, 3.05) is 20.3 Å². The van der Waals surface area contributed by atoms with Gasteiger partial charge in [-0.25, -0.2) is 0 Å². The number of carbonyl (C=O) groups excluding carboxylic acids is 2. The minimum absolute atomic E-state index is 0.0246. The minimum Gasteiger partial charge on any atom is -0.466 e. The molecule has 7 nitrogen and oxygen atoms in total. The van der Waals surface area contributed by atoms with E-state index in [1.165, 1.54) is 12.1 Å². The summed E-state index contributed by atoms with van der Waals surface area (Å²) in [4.78, 5) is 34.9. The highest BCUT2D eigenvalue weighted by atomic mass is 16.6. The zero-order chi connectivity index (χ0) is 20.5. The molecular weight excluding hydrogens is 362 g/mol. The first-order chi connectivity index (χ1) is 13.5. The van der Waals surface area contributed by atoms with Gasteiger partial charge in [-0.3, -0.25) is 19.7 Å². The highest BCUT2D eigenvalue weighted by Crippen LogP contribution is 2.24. The van der Waals surface area contributed by atoms with E-state index in [0.29, 0.717) is 18.6 Å². The van der Waals surface area contributed by atoms with E-state index in [-0.39, 0.29) is 24.5 Å². The van der Waals surface area contributed by atoms with Crippen LogP contribution in [0.3, 0.4) is 0 Å². The van der Waals surface area contributed by atoms with Crippen LogP contribution in [0.5, 0.6) is 0 Å². The zero-order valence-electron chi connectivity index (χ0n) is 15.9. The number of hydrogen-bond acceptors (Lipinski definition) is 6. The fourth-order valence-corrected chi connectivity index (χ4v) is 2.79. The average molecular weight is 385 g/mol. The summed E-state index contributed by atoms with van der Waals surface area (Å²) in [6.07, 6.45) is 0.473. The first-order valence-electron chi connectivity index (χ1n) is 9.00. The van der Waals surface area contributed by atoms with Gasteiger partial charge in [0, 0.05) is 37.8 Å². The lowest BCUT2D eigenvalue weighted by atomic mass is 9.94. The summed E-state index contributed by atoms with van der Waals surface area (Å²) in [5, 5.41) is 10.7. The summed E-state index contributed by atoms with van der Waals surface area (Å²) < 4.78 is 10.1. The minimum atomic E-state index is -0.540. The van der Waals surface area contributed by atoms with Gasteiger partial charge in [0.2, 0.25) is 0 Å². The number of carbonyl (C=O) groups is 2. The second-order valence-corrected chi connectivity index (χ2v) is 6.24. The molecule has 0 saturated heterocycles. The second-order valence-electron chi connectivity index (χ2n) is 6.24. The van der Waals surface area contributed by atoms with Crippen LogP contribution in [0.1, 0.15) is 30.1 Å². The van der Waals surface area contributed by atoms with Crippen molar-refractivity contribution in [2.24, 2.45) is 5.92 Å². The van der Waals surface area contributed by atoms with E-state index in [1.807, 2.05) is 0 Å². The molecule has 0 heterocycles. The maximum Gasteiger partial charge on any atom is 0.309 e. The number of benzene rings is 2. The van der Waals surface area contributed by atoms with Crippen molar-refractivity contribution in [1.82, 2.24) is 0 Å². The van der Waals surface area contributed by atoms with E-state index in [2.05, 4.69) is 0 Å². The SMILES string of the molecule is CCOC(=O)C(CCOC)CC(=O)c1ccc(-c2ccc([N+](=O)[O-])cc2)cc1. The fourth-order valence-electron chi connectivity index (χ4n) is 2.79. The smallest absolute Gasteiger partial charge is 0.309 e. The van der Waals surface area contributed by atoms with Gasteiger partial charge in [0.25, 0.3) is 5.69 Å². The second kappa shape index (κ2) is 10.3. The van der Waals surface area contributed by atoms with Crippen LogP contribution in [0.4, 0.5) is 5.69 Å². The molecule has 0 amide bonds. The maximum absolute atomic E-state index is 12.6. The van der Waals surface area contributed by atoms with Gasteiger partial charge in [-0.05, 0) is 36.6 Å². The molecule has 0 saturated carbocycles. The van der Waals surface area contributed by atoms with Crippen LogP contribution in [0.25, 0.3) is 11.1 Å². The Morgan fingerprint density at radius 3 is 2.11 bits per heavy atom. The van der Waals surface area contributed by atoms with Crippen LogP contribution in [-0.4, -0.2) is 37.0 Å². The van der Waals surface area contributed by atoms with Crippen LogP contribution >= 0.6 is 0 Å². The van der Waals surface area contributed by atoms with E-state index in [1.54, 1.807) is 50.4 Å². The Balaban J connectivity index is 2.09. The van der Waals surface area contributed by atoms with E-state index < -0.39 is 16.8 Å². The number of non-ortho nitro benzene ring substituents is 1. The Hall–Kier alpha value is -3.06. The quantitative estimate of drug-likeness (QED) is 0.265. The largest absolute Gasteiger partial charge is 0.466 e. The fraction of sp³-hybridized carbons (Fsp3) is 0.333. The van der Waals surface area contributed by atoms with Crippen molar-refractivity contribution in [3.05, 3.63) is 64.2 Å². The monoisotopic (exact) mass is 385 g/mol. The molecular formula is C21H23NO6. The van der Waals surface area contributed by atoms with Gasteiger partial charge in [-0.15, -0.1) is 0 Å². The van der Waals surface area contributed by atoms with Crippen LogP contribution in [0.2, 0.25) is 0 Å². The molecule has 2 aromatic rings. The number of ether oxygens (including phenoxy) is 2. The van der Waals surface area contributed by atoms with Gasteiger partial charge in [0.15, 0.2) is 5.78 Å². The van der Waals surface area contributed by atoms with Crippen molar-refractivity contribution in [3.63, 3.8) is 0 Å². The van der Waals surface area contributed by atoms with Crippen molar-refractivity contribution in [3.8, 4) is 11.1 Å². The molecule has 0 fully saturated rings. The Kier molecular flexibility index (Phi) is 7.83. The molecule has 28 heavy (non-hydrogen) atoms. The number of Topliss-reactive ketones (excluding diaryl/α,β-unsaturated/α-hetero) is 1. The molecule has 1 atom stereocenters. The lowest BCUT2D eigenvalue weighted by Gasteiger charge is -2.14. The van der Waals surface area contributed by atoms with Gasteiger partial charge < -0.3 is 9.47 Å². The first kappa shape index (κ1) is 21.2. The Bertz CT molecular complexity index is 814. The zero-order valence-corrected chi connectivity index (χ0v) is 15.9. The third kappa shape index (κ3) is 5.72. The van der Waals surface area contributed by atoms with Crippen LogP contribution in [0.15, 0.2) is 48.5 Å². The summed E-state index contributed by atoms with van der Waals surface area (Å²) in [6.45, 7) is 2.36. The molecule has 2 rings (SSSR count). The number of nitro benzene ring substituents is 1. The molecule has 148 valence electrons. The topological polar surface area (TPSA) is 95.7 Å². The summed E-state index contributed by atoms with van der Waals surface area (Å²) in [6, 6.07) is 13.1. The summed E-state index contributed by atoms with van der Waals surface area (Å²) >= 11 is 0. The number of rotatable bonds is 10. The molecule has 1 unspecified atom stereocenters. The highest BCUT2D eigenvalue weighted by molar-refractivity contribution is 5.98. The van der Waals surface area contributed by atoms with Gasteiger partial charge in [0.05, 0.1) is 17.4 Å². The van der Waals surface area contributed by atoms with Gasteiger partial charge in [-0.2, -0.15) is 0 Å². The Morgan fingerprint density at radius 1 is 1.04 bits per heavy atom. The highest BCUT2D eigenvalue weighted by Gasteiger charge is 2.23.